The Labute approximate surface area is 156 Å². The topological polar surface area (TPSA) is 63.6 Å². The smallest absolute Gasteiger partial charge is 0.349 e. The Morgan fingerprint density at radius 2 is 1.62 bits per heavy atom. The molecule has 0 saturated carbocycles. The summed E-state index contributed by atoms with van der Waals surface area (Å²) in [6, 6.07) is 15.4. The average molecular weight is 364 g/mol. The van der Waals surface area contributed by atoms with Crippen LogP contribution in [-0.4, -0.2) is 27.8 Å². The van der Waals surface area contributed by atoms with Gasteiger partial charge in [-0.05, 0) is 30.3 Å². The van der Waals surface area contributed by atoms with Crippen LogP contribution in [0, 0.1) is 0 Å². The van der Waals surface area contributed by atoms with Gasteiger partial charge >= 0.3 is 5.97 Å². The lowest BCUT2D eigenvalue weighted by molar-refractivity contribution is -0.143. The summed E-state index contributed by atoms with van der Waals surface area (Å²) >= 11 is 5.07. The van der Waals surface area contributed by atoms with E-state index in [2.05, 4.69) is 0 Å². The lowest BCUT2D eigenvalue weighted by Crippen LogP contribution is -2.29. The van der Waals surface area contributed by atoms with Crippen molar-refractivity contribution in [2.45, 2.75) is 12.5 Å². The molecule has 1 unspecified atom stereocenters. The number of hydrogen-bond donors (Lipinski definition) is 1. The maximum absolute atomic E-state index is 12.4. The summed E-state index contributed by atoms with van der Waals surface area (Å²) in [5.74, 6) is -0.805. The minimum atomic E-state index is -1.12. The summed E-state index contributed by atoms with van der Waals surface area (Å²) in [4.78, 5) is 24.7. The molecule has 0 fully saturated rings. The molecule has 1 atom stereocenters. The number of benzene rings is 2. The van der Waals surface area contributed by atoms with Gasteiger partial charge in [0.2, 0.25) is 6.10 Å². The predicted molar refractivity (Wildman–Crippen MR) is 103 cm³/mol. The number of aliphatic carboxylic acids is 1. The van der Waals surface area contributed by atoms with Crippen molar-refractivity contribution in [1.29, 1.82) is 0 Å². The Hall–Kier alpha value is -3.05. The van der Waals surface area contributed by atoms with E-state index < -0.39 is 12.1 Å². The fourth-order valence-electron chi connectivity index (χ4n) is 2.58. The van der Waals surface area contributed by atoms with Crippen molar-refractivity contribution in [1.82, 2.24) is 0 Å². The Bertz CT molecular complexity index is 895. The van der Waals surface area contributed by atoms with Crippen LogP contribution in [-0.2, 0) is 4.79 Å². The molecule has 1 aliphatic rings. The number of hydrogen-bond acceptors (Lipinski definition) is 4. The lowest BCUT2D eigenvalue weighted by Gasteiger charge is -2.18. The Morgan fingerprint density at radius 3 is 2.19 bits per heavy atom. The van der Waals surface area contributed by atoms with Crippen molar-refractivity contribution in [2.24, 2.45) is 0 Å². The number of ketones is 1. The van der Waals surface area contributed by atoms with Crippen molar-refractivity contribution in [2.75, 3.05) is 0 Å². The summed E-state index contributed by atoms with van der Waals surface area (Å²) in [6.45, 7) is 0. The molecule has 2 aromatic rings. The summed E-state index contributed by atoms with van der Waals surface area (Å²) in [7, 11) is 0. The van der Waals surface area contributed by atoms with Crippen molar-refractivity contribution in [3.63, 3.8) is 0 Å². The zero-order chi connectivity index (χ0) is 18.5. The van der Waals surface area contributed by atoms with Crippen LogP contribution in [0.3, 0.4) is 0 Å². The van der Waals surface area contributed by atoms with Crippen LogP contribution in [0.15, 0.2) is 78.4 Å². The highest BCUT2D eigenvalue weighted by Gasteiger charge is 2.24. The fraction of sp³-hybridized carbons (Fsp3) is 0.0952. The van der Waals surface area contributed by atoms with Crippen molar-refractivity contribution < 1.29 is 19.4 Å². The fourth-order valence-corrected chi connectivity index (χ4v) is 2.73. The Morgan fingerprint density at radius 1 is 0.962 bits per heavy atom. The number of carbonyl (C=O) groups excluding carboxylic acids is 1. The summed E-state index contributed by atoms with van der Waals surface area (Å²) in [5, 5.41) is 9.46. The van der Waals surface area contributed by atoms with Gasteiger partial charge in [0.25, 0.3) is 0 Å². The molecule has 0 aromatic heterocycles. The van der Waals surface area contributed by atoms with Crippen LogP contribution in [0.1, 0.15) is 22.3 Å². The van der Waals surface area contributed by atoms with Gasteiger partial charge in [-0.15, -0.1) is 0 Å². The van der Waals surface area contributed by atoms with E-state index in [0.717, 1.165) is 4.86 Å². The molecular weight excluding hydrogens is 348 g/mol. The van der Waals surface area contributed by atoms with Crippen LogP contribution in [0.25, 0.3) is 0 Å². The molecule has 0 bridgehead atoms. The molecule has 0 heterocycles. The van der Waals surface area contributed by atoms with Gasteiger partial charge in [0.05, 0.1) is 0 Å². The van der Waals surface area contributed by atoms with Gasteiger partial charge in [0, 0.05) is 28.0 Å². The first kappa shape index (κ1) is 17.8. The Kier molecular flexibility index (Phi) is 5.39. The van der Waals surface area contributed by atoms with E-state index in [4.69, 9.17) is 17.0 Å². The van der Waals surface area contributed by atoms with E-state index in [0.29, 0.717) is 28.9 Å². The maximum atomic E-state index is 12.4. The van der Waals surface area contributed by atoms with Crippen LogP contribution in [0.4, 0.5) is 0 Å². The highest BCUT2D eigenvalue weighted by molar-refractivity contribution is 7.80. The minimum absolute atomic E-state index is 0.0987. The summed E-state index contributed by atoms with van der Waals surface area (Å²) in [6.07, 6.45) is 4.54. The van der Waals surface area contributed by atoms with E-state index in [-0.39, 0.29) is 5.78 Å². The standard InChI is InChI=1S/C21H16O4S/c22-19(14-4-2-1-3-5-14)15-6-10-17(11-7-15)25-20(21(23)24)16-8-12-18(26)13-9-16/h1-12,20H,13H2,(H,23,24). The monoisotopic (exact) mass is 364 g/mol. The van der Waals surface area contributed by atoms with Crippen LogP contribution >= 0.6 is 12.2 Å². The number of thiocarbonyl (C=S) groups is 1. The molecule has 0 aliphatic heterocycles. The maximum Gasteiger partial charge on any atom is 0.349 e. The molecular formula is C21H16O4S. The molecule has 26 heavy (non-hydrogen) atoms. The molecule has 3 rings (SSSR count). The van der Waals surface area contributed by atoms with Crippen LogP contribution < -0.4 is 4.74 Å². The third-order valence-corrected chi connectivity index (χ3v) is 4.24. The quantitative estimate of drug-likeness (QED) is 0.620. The highest BCUT2D eigenvalue weighted by atomic mass is 32.1. The second kappa shape index (κ2) is 7.89. The molecule has 4 nitrogen and oxygen atoms in total. The molecule has 130 valence electrons. The van der Waals surface area contributed by atoms with Crippen LogP contribution in [0.2, 0.25) is 0 Å². The molecule has 0 amide bonds. The molecule has 1 N–H and O–H groups in total. The number of rotatable bonds is 6. The van der Waals surface area contributed by atoms with Crippen molar-refractivity contribution >= 4 is 28.8 Å². The van der Waals surface area contributed by atoms with Gasteiger partial charge in [-0.3, -0.25) is 4.79 Å². The molecule has 5 heteroatoms. The third kappa shape index (κ3) is 4.13. The number of carboxylic acid groups (broad SMARTS) is 1. The molecule has 1 aliphatic carbocycles. The van der Waals surface area contributed by atoms with Gasteiger partial charge in [0.15, 0.2) is 5.78 Å². The van der Waals surface area contributed by atoms with E-state index in [1.165, 1.54) is 0 Å². The minimum Gasteiger partial charge on any atom is -0.478 e. The van der Waals surface area contributed by atoms with E-state index in [9.17, 15) is 14.7 Å². The second-order valence-corrected chi connectivity index (χ2v) is 6.29. The Balaban J connectivity index is 1.75. The first-order valence-corrected chi connectivity index (χ1v) is 8.45. The first-order chi connectivity index (χ1) is 12.5. The second-order valence-electron chi connectivity index (χ2n) is 5.76. The number of allylic oxidation sites excluding steroid dienone is 2. The molecule has 0 spiro atoms. The zero-order valence-corrected chi connectivity index (χ0v) is 14.6. The van der Waals surface area contributed by atoms with Gasteiger partial charge < -0.3 is 9.84 Å². The predicted octanol–water partition coefficient (Wildman–Crippen LogP) is 4.01. The van der Waals surface area contributed by atoms with Gasteiger partial charge in [-0.25, -0.2) is 4.79 Å². The van der Waals surface area contributed by atoms with E-state index in [1.807, 2.05) is 6.07 Å². The summed E-state index contributed by atoms with van der Waals surface area (Å²) < 4.78 is 5.62. The van der Waals surface area contributed by atoms with E-state index in [1.54, 1.807) is 66.8 Å². The third-order valence-electron chi connectivity index (χ3n) is 3.93. The van der Waals surface area contributed by atoms with Crippen LogP contribution in [0.5, 0.6) is 5.75 Å². The average Bonchev–Trinajstić information content (AvgIpc) is 2.67. The largest absolute Gasteiger partial charge is 0.478 e. The number of carboxylic acids is 1. The zero-order valence-electron chi connectivity index (χ0n) is 13.8. The van der Waals surface area contributed by atoms with Gasteiger partial charge in [-0.2, -0.15) is 0 Å². The van der Waals surface area contributed by atoms with Gasteiger partial charge in [0.1, 0.15) is 5.75 Å². The van der Waals surface area contributed by atoms with Gasteiger partial charge in [-0.1, -0.05) is 54.7 Å². The molecule has 0 radical (unpaired) electrons. The highest BCUT2D eigenvalue weighted by Crippen LogP contribution is 2.21. The lowest BCUT2D eigenvalue weighted by atomic mass is 10.0. The SMILES string of the molecule is O=C(c1ccccc1)c1ccc(OC(C(=O)O)C2=CCC(=S)C=C2)cc1. The van der Waals surface area contributed by atoms with Crippen molar-refractivity contribution in [3.8, 4) is 5.75 Å². The van der Waals surface area contributed by atoms with E-state index >= 15 is 0 Å². The normalized spacial score (nSPS) is 14.5. The van der Waals surface area contributed by atoms with Crippen molar-refractivity contribution in [3.05, 3.63) is 89.5 Å². The molecule has 2 aromatic carbocycles. The number of ether oxygens (including phenoxy) is 1. The summed E-state index contributed by atoms with van der Waals surface area (Å²) in [5.41, 5.74) is 1.66. The first-order valence-electron chi connectivity index (χ1n) is 8.05. The molecule has 0 saturated heterocycles. The number of carbonyl (C=O) groups is 2.